The molecule has 2 atom stereocenters. The number of aliphatic carboxylic acids is 1. The predicted octanol–water partition coefficient (Wildman–Crippen LogP) is 2.09. The second-order valence-corrected chi connectivity index (χ2v) is 5.70. The van der Waals surface area contributed by atoms with Gasteiger partial charge in [-0.25, -0.2) is 9.50 Å². The van der Waals surface area contributed by atoms with Crippen molar-refractivity contribution in [3.05, 3.63) is 24.2 Å². The van der Waals surface area contributed by atoms with Crippen molar-refractivity contribution in [3.63, 3.8) is 0 Å². The molecule has 6 heteroatoms. The van der Waals surface area contributed by atoms with E-state index < -0.39 is 11.4 Å². The van der Waals surface area contributed by atoms with E-state index in [9.17, 15) is 9.90 Å². The zero-order chi connectivity index (χ0) is 14.3. The van der Waals surface area contributed by atoms with E-state index in [1.54, 1.807) is 16.9 Å². The number of carboxylic acids is 1. The van der Waals surface area contributed by atoms with E-state index in [0.717, 1.165) is 24.1 Å². The Morgan fingerprint density at radius 1 is 1.60 bits per heavy atom. The van der Waals surface area contributed by atoms with Crippen molar-refractivity contribution >= 4 is 17.3 Å². The minimum absolute atomic E-state index is 0.103. The van der Waals surface area contributed by atoms with Gasteiger partial charge in [0.25, 0.3) is 0 Å². The van der Waals surface area contributed by atoms with Crippen molar-refractivity contribution in [1.82, 2.24) is 14.6 Å². The van der Waals surface area contributed by atoms with Gasteiger partial charge in [-0.15, -0.1) is 0 Å². The number of nitrogens with one attached hydrogen (secondary N) is 1. The van der Waals surface area contributed by atoms with E-state index in [-0.39, 0.29) is 6.04 Å². The monoisotopic (exact) mass is 274 g/mol. The van der Waals surface area contributed by atoms with E-state index in [1.807, 2.05) is 19.9 Å². The van der Waals surface area contributed by atoms with E-state index in [0.29, 0.717) is 12.2 Å². The van der Waals surface area contributed by atoms with Gasteiger partial charge in [0.1, 0.15) is 5.52 Å². The zero-order valence-corrected chi connectivity index (χ0v) is 11.6. The Hall–Kier alpha value is -2.11. The molecular formula is C14H18N4O2. The number of anilines is 1. The molecule has 0 bridgehead atoms. The average molecular weight is 274 g/mol. The van der Waals surface area contributed by atoms with Gasteiger partial charge < -0.3 is 10.4 Å². The molecule has 2 unspecified atom stereocenters. The molecular weight excluding hydrogens is 256 g/mol. The highest BCUT2D eigenvalue weighted by Crippen LogP contribution is 2.40. The molecule has 3 rings (SSSR count). The summed E-state index contributed by atoms with van der Waals surface area (Å²) < 4.78 is 1.76. The number of fused-ring (bicyclic) bond motifs is 1. The highest BCUT2D eigenvalue weighted by atomic mass is 16.4. The Kier molecular flexibility index (Phi) is 2.88. The first-order chi connectivity index (χ1) is 9.50. The normalized spacial score (nSPS) is 26.0. The number of carboxylic acid groups (broad SMARTS) is 1. The molecule has 0 aromatic carbocycles. The van der Waals surface area contributed by atoms with Gasteiger partial charge >= 0.3 is 5.97 Å². The third kappa shape index (κ3) is 1.92. The molecule has 1 aliphatic carbocycles. The molecule has 1 fully saturated rings. The van der Waals surface area contributed by atoms with Crippen molar-refractivity contribution in [3.8, 4) is 0 Å². The number of aryl methyl sites for hydroxylation is 1. The summed E-state index contributed by atoms with van der Waals surface area (Å²) in [5, 5.41) is 17.1. The molecule has 0 saturated heterocycles. The van der Waals surface area contributed by atoms with E-state index in [1.165, 1.54) is 0 Å². The number of carbonyl (C=O) groups is 1. The number of aromatic nitrogens is 3. The van der Waals surface area contributed by atoms with Crippen LogP contribution in [0.4, 0.5) is 5.82 Å². The number of hydrogen-bond acceptors (Lipinski definition) is 4. The van der Waals surface area contributed by atoms with Crippen molar-refractivity contribution in [2.75, 3.05) is 5.32 Å². The topological polar surface area (TPSA) is 79.5 Å². The van der Waals surface area contributed by atoms with Crippen LogP contribution in [0.3, 0.4) is 0 Å². The third-order valence-corrected chi connectivity index (χ3v) is 4.27. The van der Waals surface area contributed by atoms with Crippen molar-refractivity contribution in [2.45, 2.75) is 39.2 Å². The maximum atomic E-state index is 11.5. The second-order valence-electron chi connectivity index (χ2n) is 5.70. The number of rotatable bonds is 3. The summed E-state index contributed by atoms with van der Waals surface area (Å²) >= 11 is 0. The molecule has 0 aliphatic heterocycles. The smallest absolute Gasteiger partial charge is 0.311 e. The third-order valence-electron chi connectivity index (χ3n) is 4.27. The standard InChI is InChI=1S/C14H18N4O2/c1-9-8-10-12(15-6-7-18(10)17-9)16-11-4-3-5-14(11,2)13(19)20/h6-8,11H,3-5H2,1-2H3,(H,15,16)(H,19,20). The number of hydrogen-bond donors (Lipinski definition) is 2. The van der Waals surface area contributed by atoms with E-state index >= 15 is 0 Å². The summed E-state index contributed by atoms with van der Waals surface area (Å²) in [6, 6.07) is 1.84. The second kappa shape index (κ2) is 4.47. The van der Waals surface area contributed by atoms with Crippen LogP contribution >= 0.6 is 0 Å². The Morgan fingerprint density at radius 3 is 3.15 bits per heavy atom. The van der Waals surface area contributed by atoms with E-state index in [2.05, 4.69) is 15.4 Å². The van der Waals surface area contributed by atoms with Crippen LogP contribution in [0.2, 0.25) is 0 Å². The van der Waals surface area contributed by atoms with Crippen LogP contribution in [0, 0.1) is 12.3 Å². The van der Waals surface area contributed by atoms with Crippen molar-refractivity contribution < 1.29 is 9.90 Å². The van der Waals surface area contributed by atoms with Gasteiger partial charge in [-0.1, -0.05) is 6.42 Å². The molecule has 0 radical (unpaired) electrons. The van der Waals surface area contributed by atoms with Crippen LogP contribution in [0.1, 0.15) is 31.9 Å². The van der Waals surface area contributed by atoms with Crippen LogP contribution in [-0.4, -0.2) is 31.7 Å². The van der Waals surface area contributed by atoms with E-state index in [4.69, 9.17) is 0 Å². The van der Waals surface area contributed by atoms with Crippen LogP contribution in [0.25, 0.3) is 5.52 Å². The van der Waals surface area contributed by atoms with Crippen LogP contribution < -0.4 is 5.32 Å². The van der Waals surface area contributed by atoms with Gasteiger partial charge in [0.15, 0.2) is 5.82 Å². The summed E-state index contributed by atoms with van der Waals surface area (Å²) in [5.41, 5.74) is 1.06. The Labute approximate surface area is 116 Å². The summed E-state index contributed by atoms with van der Waals surface area (Å²) in [7, 11) is 0. The molecule has 2 heterocycles. The summed E-state index contributed by atoms with van der Waals surface area (Å²) in [6.45, 7) is 3.73. The maximum Gasteiger partial charge on any atom is 0.311 e. The molecule has 2 aromatic heterocycles. The molecule has 20 heavy (non-hydrogen) atoms. The molecule has 2 N–H and O–H groups in total. The lowest BCUT2D eigenvalue weighted by Gasteiger charge is -2.28. The Balaban J connectivity index is 1.95. The molecule has 1 aliphatic rings. The maximum absolute atomic E-state index is 11.5. The van der Waals surface area contributed by atoms with Crippen LogP contribution in [0.15, 0.2) is 18.5 Å². The van der Waals surface area contributed by atoms with Gasteiger partial charge in [-0.2, -0.15) is 5.10 Å². The van der Waals surface area contributed by atoms with Crippen molar-refractivity contribution in [1.29, 1.82) is 0 Å². The predicted molar refractivity (Wildman–Crippen MR) is 74.7 cm³/mol. The summed E-state index contributed by atoms with van der Waals surface area (Å²) in [6.07, 6.45) is 5.93. The molecule has 1 saturated carbocycles. The minimum atomic E-state index is -0.746. The summed E-state index contributed by atoms with van der Waals surface area (Å²) in [5.74, 6) is -0.0448. The minimum Gasteiger partial charge on any atom is -0.481 e. The lowest BCUT2D eigenvalue weighted by molar-refractivity contribution is -0.147. The quantitative estimate of drug-likeness (QED) is 0.896. The average Bonchev–Trinajstić information content (AvgIpc) is 2.94. The Morgan fingerprint density at radius 2 is 2.40 bits per heavy atom. The fraction of sp³-hybridized carbons (Fsp3) is 0.500. The lowest BCUT2D eigenvalue weighted by Crippen LogP contribution is -2.40. The zero-order valence-electron chi connectivity index (χ0n) is 11.6. The first-order valence-electron chi connectivity index (χ1n) is 6.81. The SMILES string of the molecule is Cc1cc2c(NC3CCCC3(C)C(=O)O)nccn2n1. The fourth-order valence-corrected chi connectivity index (χ4v) is 2.97. The van der Waals surface area contributed by atoms with Gasteiger partial charge in [0.05, 0.1) is 11.1 Å². The highest BCUT2D eigenvalue weighted by Gasteiger charge is 2.45. The first kappa shape index (κ1) is 12.9. The highest BCUT2D eigenvalue weighted by molar-refractivity contribution is 5.77. The molecule has 0 spiro atoms. The summed E-state index contributed by atoms with van der Waals surface area (Å²) in [4.78, 5) is 15.9. The van der Waals surface area contributed by atoms with Gasteiger partial charge in [-0.3, -0.25) is 4.79 Å². The van der Waals surface area contributed by atoms with Crippen LogP contribution in [0.5, 0.6) is 0 Å². The largest absolute Gasteiger partial charge is 0.481 e. The van der Waals surface area contributed by atoms with Crippen molar-refractivity contribution in [2.24, 2.45) is 5.41 Å². The Bertz CT molecular complexity index is 666. The van der Waals surface area contributed by atoms with Gasteiger partial charge in [-0.05, 0) is 32.8 Å². The van der Waals surface area contributed by atoms with Crippen LogP contribution in [-0.2, 0) is 4.79 Å². The molecule has 0 amide bonds. The molecule has 106 valence electrons. The lowest BCUT2D eigenvalue weighted by atomic mass is 9.85. The molecule has 6 nitrogen and oxygen atoms in total. The van der Waals surface area contributed by atoms with Gasteiger partial charge in [0.2, 0.25) is 0 Å². The fourth-order valence-electron chi connectivity index (χ4n) is 2.97. The number of nitrogens with zero attached hydrogens (tertiary/aromatic N) is 3. The van der Waals surface area contributed by atoms with Gasteiger partial charge in [0, 0.05) is 18.4 Å². The molecule has 2 aromatic rings. The first-order valence-corrected chi connectivity index (χ1v) is 6.81.